The molecule has 0 spiro atoms. The standard InChI is InChI=1S/C23H16F2N4O4/c24-15-7-4-8-16(25)20(15)28-17-11-13(22-27-9-10-29(22)23(31)32)12-18(19(17)21(26)30)33-14-5-2-1-3-6-14/h1-12,28H,(H2,26,30)(H,31,32). The molecule has 1 amide bonds. The zero-order valence-electron chi connectivity index (χ0n) is 16.8. The summed E-state index contributed by atoms with van der Waals surface area (Å²) in [6.07, 6.45) is 1.19. The van der Waals surface area contributed by atoms with Crippen molar-refractivity contribution in [1.82, 2.24) is 9.55 Å². The number of benzene rings is 3. The largest absolute Gasteiger partial charge is 0.464 e. The molecule has 0 atom stereocenters. The van der Waals surface area contributed by atoms with Crippen molar-refractivity contribution in [1.29, 1.82) is 0 Å². The summed E-state index contributed by atoms with van der Waals surface area (Å²) in [5, 5.41) is 12.0. The van der Waals surface area contributed by atoms with E-state index in [1.54, 1.807) is 30.3 Å². The first-order valence-electron chi connectivity index (χ1n) is 9.54. The van der Waals surface area contributed by atoms with Crippen LogP contribution < -0.4 is 15.8 Å². The van der Waals surface area contributed by atoms with Crippen LogP contribution in [0.4, 0.5) is 25.0 Å². The van der Waals surface area contributed by atoms with Crippen molar-refractivity contribution < 1.29 is 28.2 Å². The number of hydrogen-bond acceptors (Lipinski definition) is 5. The van der Waals surface area contributed by atoms with Crippen molar-refractivity contribution in [2.45, 2.75) is 0 Å². The number of carboxylic acid groups (broad SMARTS) is 1. The number of nitrogens with two attached hydrogens (primary N) is 1. The van der Waals surface area contributed by atoms with Crippen molar-refractivity contribution >= 4 is 23.4 Å². The van der Waals surface area contributed by atoms with E-state index in [1.165, 1.54) is 30.6 Å². The number of nitrogens with zero attached hydrogens (tertiary/aromatic N) is 2. The van der Waals surface area contributed by atoms with Gasteiger partial charge in [0.05, 0.1) is 5.69 Å². The lowest BCUT2D eigenvalue weighted by molar-refractivity contribution is 0.0999. The summed E-state index contributed by atoms with van der Waals surface area (Å²) < 4.78 is 35.3. The summed E-state index contributed by atoms with van der Waals surface area (Å²) in [5.74, 6) is -2.48. The number of hydrogen-bond donors (Lipinski definition) is 3. The second-order valence-corrected chi connectivity index (χ2v) is 6.80. The van der Waals surface area contributed by atoms with E-state index in [2.05, 4.69) is 10.3 Å². The number of amides is 1. The van der Waals surface area contributed by atoms with Crippen molar-refractivity contribution in [3.05, 3.63) is 90.3 Å². The Morgan fingerprint density at radius 3 is 2.36 bits per heavy atom. The second kappa shape index (κ2) is 8.79. The van der Waals surface area contributed by atoms with Gasteiger partial charge in [-0.25, -0.2) is 23.1 Å². The highest BCUT2D eigenvalue weighted by Gasteiger charge is 2.23. The van der Waals surface area contributed by atoms with Crippen molar-refractivity contribution in [3.8, 4) is 22.9 Å². The topological polar surface area (TPSA) is 119 Å². The van der Waals surface area contributed by atoms with Crippen molar-refractivity contribution in [3.63, 3.8) is 0 Å². The molecule has 0 bridgehead atoms. The van der Waals surface area contributed by atoms with Crippen LogP contribution in [0.25, 0.3) is 11.4 Å². The number of halogens is 2. The zero-order chi connectivity index (χ0) is 23.5. The van der Waals surface area contributed by atoms with Gasteiger partial charge in [-0.3, -0.25) is 4.79 Å². The van der Waals surface area contributed by atoms with Gasteiger partial charge in [0.1, 0.15) is 40.2 Å². The lowest BCUT2D eigenvalue weighted by Crippen LogP contribution is -2.16. The maximum Gasteiger partial charge on any atom is 0.417 e. The number of para-hydroxylation sites is 2. The molecule has 10 heteroatoms. The number of aromatic nitrogens is 2. The summed E-state index contributed by atoms with van der Waals surface area (Å²) in [4.78, 5) is 28.0. The van der Waals surface area contributed by atoms with E-state index in [0.29, 0.717) is 5.75 Å². The van der Waals surface area contributed by atoms with Crippen LogP contribution >= 0.6 is 0 Å². The Morgan fingerprint density at radius 1 is 1.03 bits per heavy atom. The van der Waals surface area contributed by atoms with Crippen LogP contribution in [0.1, 0.15) is 10.4 Å². The Bertz CT molecular complexity index is 1340. The Hall–Kier alpha value is -4.73. The molecule has 166 valence electrons. The van der Waals surface area contributed by atoms with E-state index in [1.807, 2.05) is 0 Å². The van der Waals surface area contributed by atoms with Gasteiger partial charge in [-0.05, 0) is 36.4 Å². The van der Waals surface area contributed by atoms with Crippen LogP contribution in [0.2, 0.25) is 0 Å². The molecule has 8 nitrogen and oxygen atoms in total. The third-order valence-electron chi connectivity index (χ3n) is 4.65. The van der Waals surface area contributed by atoms with Crippen molar-refractivity contribution in [2.24, 2.45) is 5.73 Å². The average Bonchev–Trinajstić information content (AvgIpc) is 3.27. The number of rotatable bonds is 6. The van der Waals surface area contributed by atoms with Crippen molar-refractivity contribution in [2.75, 3.05) is 5.32 Å². The van der Waals surface area contributed by atoms with Gasteiger partial charge >= 0.3 is 6.09 Å². The number of carbonyl (C=O) groups is 2. The molecule has 0 saturated carbocycles. The number of carbonyl (C=O) groups excluding carboxylic acids is 1. The van der Waals surface area contributed by atoms with Gasteiger partial charge in [0, 0.05) is 18.0 Å². The Kier molecular flexibility index (Phi) is 5.73. The molecule has 0 aliphatic carbocycles. The second-order valence-electron chi connectivity index (χ2n) is 6.80. The Balaban J connectivity index is 1.94. The molecule has 0 saturated heterocycles. The number of anilines is 2. The van der Waals surface area contributed by atoms with Gasteiger partial charge in [0.15, 0.2) is 0 Å². The molecule has 1 heterocycles. The first-order valence-corrected chi connectivity index (χ1v) is 9.54. The first-order chi connectivity index (χ1) is 15.8. The molecular formula is C23H16F2N4O4. The molecule has 4 aromatic rings. The van der Waals surface area contributed by atoms with Gasteiger partial charge in [-0.15, -0.1) is 0 Å². The lowest BCUT2D eigenvalue weighted by Gasteiger charge is -2.18. The van der Waals surface area contributed by atoms with Crippen LogP contribution in [0, 0.1) is 11.6 Å². The van der Waals surface area contributed by atoms with Gasteiger partial charge in [-0.1, -0.05) is 24.3 Å². The molecule has 0 aliphatic rings. The number of primary amides is 1. The molecular weight excluding hydrogens is 434 g/mol. The molecule has 4 N–H and O–H groups in total. The van der Waals surface area contributed by atoms with Gasteiger partial charge in [0.25, 0.3) is 5.91 Å². The maximum absolute atomic E-state index is 14.3. The van der Waals surface area contributed by atoms with E-state index in [-0.39, 0.29) is 28.4 Å². The fraction of sp³-hybridized carbons (Fsp3) is 0. The minimum absolute atomic E-state index is 0.00603. The minimum atomic E-state index is -1.30. The van der Waals surface area contributed by atoms with Crippen LogP contribution in [-0.2, 0) is 0 Å². The van der Waals surface area contributed by atoms with Crippen LogP contribution in [0.3, 0.4) is 0 Å². The SMILES string of the molecule is NC(=O)c1c(Nc2c(F)cccc2F)cc(-c2nccn2C(=O)O)cc1Oc1ccccc1. The Morgan fingerprint density at radius 2 is 1.73 bits per heavy atom. The monoisotopic (exact) mass is 450 g/mol. The number of ether oxygens (including phenoxy) is 1. The summed E-state index contributed by atoms with van der Waals surface area (Å²) in [6, 6.07) is 14.4. The average molecular weight is 450 g/mol. The smallest absolute Gasteiger partial charge is 0.417 e. The van der Waals surface area contributed by atoms with Gasteiger partial charge in [-0.2, -0.15) is 0 Å². The minimum Gasteiger partial charge on any atom is -0.464 e. The van der Waals surface area contributed by atoms with Gasteiger partial charge in [0.2, 0.25) is 0 Å². The molecule has 33 heavy (non-hydrogen) atoms. The van der Waals surface area contributed by atoms with E-state index in [4.69, 9.17) is 10.5 Å². The van der Waals surface area contributed by atoms with E-state index < -0.39 is 29.3 Å². The van der Waals surface area contributed by atoms with Crippen LogP contribution in [-0.4, -0.2) is 26.7 Å². The highest BCUT2D eigenvalue weighted by Crippen LogP contribution is 2.37. The zero-order valence-corrected chi connectivity index (χ0v) is 16.8. The van der Waals surface area contributed by atoms with E-state index >= 15 is 0 Å². The lowest BCUT2D eigenvalue weighted by atomic mass is 10.1. The summed E-state index contributed by atoms with van der Waals surface area (Å²) in [7, 11) is 0. The molecule has 4 rings (SSSR count). The number of nitrogens with one attached hydrogen (secondary N) is 1. The highest BCUT2D eigenvalue weighted by atomic mass is 19.1. The summed E-state index contributed by atoms with van der Waals surface area (Å²) in [5.41, 5.74) is 4.96. The molecule has 3 aromatic carbocycles. The fourth-order valence-corrected chi connectivity index (χ4v) is 3.22. The van der Waals surface area contributed by atoms with E-state index in [0.717, 1.165) is 16.7 Å². The predicted molar refractivity (Wildman–Crippen MR) is 116 cm³/mol. The summed E-state index contributed by atoms with van der Waals surface area (Å²) in [6.45, 7) is 0. The third kappa shape index (κ3) is 4.35. The number of imidazole rings is 1. The highest BCUT2D eigenvalue weighted by molar-refractivity contribution is 6.03. The van der Waals surface area contributed by atoms with Crippen LogP contribution in [0.5, 0.6) is 11.5 Å². The Labute approximate surface area is 185 Å². The maximum atomic E-state index is 14.3. The molecule has 0 unspecified atom stereocenters. The molecule has 0 radical (unpaired) electrons. The first kappa shape index (κ1) is 21.5. The molecule has 0 aliphatic heterocycles. The van der Waals surface area contributed by atoms with Crippen LogP contribution in [0.15, 0.2) is 73.1 Å². The summed E-state index contributed by atoms with van der Waals surface area (Å²) >= 11 is 0. The van der Waals surface area contributed by atoms with Gasteiger partial charge < -0.3 is 20.9 Å². The molecule has 0 fully saturated rings. The fourth-order valence-electron chi connectivity index (χ4n) is 3.22. The molecule has 1 aromatic heterocycles. The third-order valence-corrected chi connectivity index (χ3v) is 4.65. The predicted octanol–water partition coefficient (Wildman–Crippen LogP) is 4.99. The quantitative estimate of drug-likeness (QED) is 0.381. The van der Waals surface area contributed by atoms with E-state index in [9.17, 15) is 23.5 Å². The normalized spacial score (nSPS) is 10.6.